The van der Waals surface area contributed by atoms with E-state index in [-0.39, 0.29) is 23.9 Å². The number of nitrogens with one attached hydrogen (secondary N) is 1. The van der Waals surface area contributed by atoms with Crippen LogP contribution in [0.25, 0.3) is 0 Å². The lowest BCUT2D eigenvalue weighted by Gasteiger charge is -2.27. The van der Waals surface area contributed by atoms with Crippen molar-refractivity contribution in [3.05, 3.63) is 33.8 Å². The summed E-state index contributed by atoms with van der Waals surface area (Å²) in [5.41, 5.74) is 6.09. The molecule has 0 fully saturated rings. The maximum absolute atomic E-state index is 12.0. The predicted octanol–water partition coefficient (Wildman–Crippen LogP) is 4.76. The molecule has 1 aromatic carbocycles. The second-order valence-electron chi connectivity index (χ2n) is 6.30. The zero-order valence-electron chi connectivity index (χ0n) is 13.8. The highest BCUT2D eigenvalue weighted by Gasteiger charge is 2.22. The maximum Gasteiger partial charge on any atom is 0.220 e. The molecule has 0 aliphatic carbocycles. The van der Waals surface area contributed by atoms with Gasteiger partial charge in [0.25, 0.3) is 0 Å². The van der Waals surface area contributed by atoms with Crippen molar-refractivity contribution in [3.63, 3.8) is 0 Å². The molecular formula is C17H27Cl3N2O. The van der Waals surface area contributed by atoms with Gasteiger partial charge in [0.15, 0.2) is 0 Å². The molecule has 132 valence electrons. The average Bonchev–Trinajstić information content (AvgIpc) is 2.41. The van der Waals surface area contributed by atoms with Gasteiger partial charge in [-0.3, -0.25) is 4.79 Å². The zero-order valence-corrected chi connectivity index (χ0v) is 16.2. The fourth-order valence-electron chi connectivity index (χ4n) is 2.41. The van der Waals surface area contributed by atoms with Gasteiger partial charge in [-0.15, -0.1) is 12.4 Å². The molecule has 1 amide bonds. The normalized spacial score (nSPS) is 11.0. The molecule has 3 N–H and O–H groups in total. The highest BCUT2D eigenvalue weighted by atomic mass is 35.5. The molecule has 0 radical (unpaired) electrons. The highest BCUT2D eigenvalue weighted by molar-refractivity contribution is 6.35. The minimum Gasteiger partial charge on any atom is -0.351 e. The van der Waals surface area contributed by atoms with Gasteiger partial charge in [0.1, 0.15) is 0 Å². The van der Waals surface area contributed by atoms with Crippen molar-refractivity contribution in [2.75, 3.05) is 6.54 Å². The van der Waals surface area contributed by atoms with Gasteiger partial charge in [-0.1, -0.05) is 42.1 Å². The summed E-state index contributed by atoms with van der Waals surface area (Å²) in [6, 6.07) is 5.46. The molecule has 0 aromatic heterocycles. The SMILES string of the molecule is CC(C)(Cc1ccc(Cl)cc1Cl)NC(=O)CCCCCCN.Cl. The smallest absolute Gasteiger partial charge is 0.220 e. The van der Waals surface area contributed by atoms with Crippen molar-refractivity contribution in [3.8, 4) is 0 Å². The molecule has 0 aliphatic rings. The number of unbranched alkanes of at least 4 members (excludes halogenated alkanes) is 3. The average molecular weight is 382 g/mol. The van der Waals surface area contributed by atoms with Crippen molar-refractivity contribution < 1.29 is 4.79 Å². The number of carbonyl (C=O) groups is 1. The van der Waals surface area contributed by atoms with Gasteiger partial charge in [0.2, 0.25) is 5.91 Å². The monoisotopic (exact) mass is 380 g/mol. The number of hydrogen-bond donors (Lipinski definition) is 2. The molecule has 0 saturated heterocycles. The van der Waals surface area contributed by atoms with Gasteiger partial charge in [-0.05, 0) is 57.4 Å². The number of amides is 1. The van der Waals surface area contributed by atoms with Crippen LogP contribution < -0.4 is 11.1 Å². The first-order valence-corrected chi connectivity index (χ1v) is 8.54. The topological polar surface area (TPSA) is 55.1 Å². The number of hydrogen-bond acceptors (Lipinski definition) is 2. The molecule has 0 heterocycles. The van der Waals surface area contributed by atoms with Crippen LogP contribution in [0.4, 0.5) is 0 Å². The molecule has 0 atom stereocenters. The Morgan fingerprint density at radius 3 is 2.43 bits per heavy atom. The van der Waals surface area contributed by atoms with Crippen molar-refractivity contribution >= 4 is 41.5 Å². The third-order valence-electron chi connectivity index (χ3n) is 3.48. The van der Waals surface area contributed by atoms with Gasteiger partial charge in [-0.25, -0.2) is 0 Å². The molecule has 0 spiro atoms. The summed E-state index contributed by atoms with van der Waals surface area (Å²) in [6.45, 7) is 4.73. The van der Waals surface area contributed by atoms with Crippen LogP contribution in [0.2, 0.25) is 10.0 Å². The number of rotatable bonds is 9. The third-order valence-corrected chi connectivity index (χ3v) is 4.07. The minimum atomic E-state index is -0.341. The summed E-state index contributed by atoms with van der Waals surface area (Å²) in [5, 5.41) is 4.34. The zero-order chi connectivity index (χ0) is 16.6. The Morgan fingerprint density at radius 1 is 1.17 bits per heavy atom. The lowest BCUT2D eigenvalue weighted by Crippen LogP contribution is -2.45. The van der Waals surface area contributed by atoms with E-state index in [9.17, 15) is 4.79 Å². The van der Waals surface area contributed by atoms with Crippen LogP contribution in [0.3, 0.4) is 0 Å². The Morgan fingerprint density at radius 2 is 1.83 bits per heavy atom. The predicted molar refractivity (Wildman–Crippen MR) is 102 cm³/mol. The van der Waals surface area contributed by atoms with Crippen LogP contribution in [0, 0.1) is 0 Å². The Hall–Kier alpha value is -0.480. The van der Waals surface area contributed by atoms with Gasteiger partial charge in [0.05, 0.1) is 0 Å². The van der Waals surface area contributed by atoms with Crippen molar-refractivity contribution in [2.24, 2.45) is 5.73 Å². The molecule has 0 unspecified atom stereocenters. The van der Waals surface area contributed by atoms with Gasteiger partial charge in [0, 0.05) is 22.0 Å². The highest BCUT2D eigenvalue weighted by Crippen LogP contribution is 2.24. The van der Waals surface area contributed by atoms with E-state index < -0.39 is 0 Å². The van der Waals surface area contributed by atoms with E-state index in [0.717, 1.165) is 37.8 Å². The lowest BCUT2D eigenvalue weighted by atomic mass is 9.94. The Kier molecular flexibility index (Phi) is 10.9. The molecule has 6 heteroatoms. The fourth-order valence-corrected chi connectivity index (χ4v) is 2.88. The van der Waals surface area contributed by atoms with Gasteiger partial charge in [-0.2, -0.15) is 0 Å². The standard InChI is InChI=1S/C17H26Cl2N2O.ClH/c1-17(2,12-13-8-9-14(18)11-15(13)19)21-16(22)7-5-3-4-6-10-20;/h8-9,11H,3-7,10,12,20H2,1-2H3,(H,21,22);1H. The van der Waals surface area contributed by atoms with E-state index >= 15 is 0 Å². The molecule has 1 rings (SSSR count). The Labute approximate surface area is 155 Å². The van der Waals surface area contributed by atoms with Crippen LogP contribution in [-0.2, 0) is 11.2 Å². The summed E-state index contributed by atoms with van der Waals surface area (Å²) < 4.78 is 0. The number of nitrogens with two attached hydrogens (primary N) is 1. The summed E-state index contributed by atoms with van der Waals surface area (Å²) in [7, 11) is 0. The van der Waals surface area contributed by atoms with Crippen LogP contribution in [0.1, 0.15) is 51.5 Å². The quantitative estimate of drug-likeness (QED) is 0.606. The van der Waals surface area contributed by atoms with Gasteiger partial charge < -0.3 is 11.1 Å². The largest absolute Gasteiger partial charge is 0.351 e. The third kappa shape index (κ3) is 9.41. The van der Waals surface area contributed by atoms with Crippen LogP contribution >= 0.6 is 35.6 Å². The first-order chi connectivity index (χ1) is 10.3. The van der Waals surface area contributed by atoms with E-state index in [1.807, 2.05) is 26.0 Å². The van der Waals surface area contributed by atoms with Crippen LogP contribution in [0.5, 0.6) is 0 Å². The molecule has 3 nitrogen and oxygen atoms in total. The molecular weight excluding hydrogens is 355 g/mol. The van der Waals surface area contributed by atoms with E-state index in [0.29, 0.717) is 22.9 Å². The van der Waals surface area contributed by atoms with Crippen LogP contribution in [0.15, 0.2) is 18.2 Å². The molecule has 0 aliphatic heterocycles. The number of benzene rings is 1. The second-order valence-corrected chi connectivity index (χ2v) is 7.14. The molecule has 0 bridgehead atoms. The lowest BCUT2D eigenvalue weighted by molar-refractivity contribution is -0.122. The Bertz CT molecular complexity index is 493. The minimum absolute atomic E-state index is 0. The van der Waals surface area contributed by atoms with Crippen molar-refractivity contribution in [1.82, 2.24) is 5.32 Å². The van der Waals surface area contributed by atoms with E-state index in [4.69, 9.17) is 28.9 Å². The van der Waals surface area contributed by atoms with Crippen molar-refractivity contribution in [2.45, 2.75) is 57.9 Å². The van der Waals surface area contributed by atoms with Crippen LogP contribution in [-0.4, -0.2) is 18.0 Å². The van der Waals surface area contributed by atoms with E-state index in [1.54, 1.807) is 6.07 Å². The first-order valence-electron chi connectivity index (χ1n) is 7.79. The summed E-state index contributed by atoms with van der Waals surface area (Å²) in [4.78, 5) is 12.0. The summed E-state index contributed by atoms with van der Waals surface area (Å²) in [6.07, 6.45) is 5.30. The van der Waals surface area contributed by atoms with Gasteiger partial charge >= 0.3 is 0 Å². The van der Waals surface area contributed by atoms with E-state index in [2.05, 4.69) is 5.32 Å². The summed E-state index contributed by atoms with van der Waals surface area (Å²) >= 11 is 12.1. The fraction of sp³-hybridized carbons (Fsp3) is 0.588. The Balaban J connectivity index is 0.00000484. The number of halogens is 3. The second kappa shape index (κ2) is 11.1. The summed E-state index contributed by atoms with van der Waals surface area (Å²) in [5.74, 6) is 0.0860. The van der Waals surface area contributed by atoms with Crippen molar-refractivity contribution in [1.29, 1.82) is 0 Å². The molecule has 1 aromatic rings. The number of carbonyl (C=O) groups excluding carboxylic acids is 1. The first kappa shape index (κ1) is 22.5. The van der Waals surface area contributed by atoms with E-state index in [1.165, 1.54) is 0 Å². The molecule has 23 heavy (non-hydrogen) atoms. The molecule has 0 saturated carbocycles. The maximum atomic E-state index is 12.0.